The van der Waals surface area contributed by atoms with Crippen molar-refractivity contribution >= 4 is 5.91 Å². The van der Waals surface area contributed by atoms with Crippen LogP contribution in [0, 0.1) is 19.7 Å². The van der Waals surface area contributed by atoms with E-state index in [-0.39, 0.29) is 11.7 Å². The molecule has 0 bridgehead atoms. The minimum atomic E-state index is -0.272. The molecule has 0 aliphatic rings. The fraction of sp³-hybridized carbons (Fsp3) is 0.375. The molecule has 2 rings (SSSR count). The molecule has 4 nitrogen and oxygen atoms in total. The first-order valence-corrected chi connectivity index (χ1v) is 6.87. The number of hydrogen-bond acceptors (Lipinski definition) is 3. The van der Waals surface area contributed by atoms with Crippen LogP contribution in [0.15, 0.2) is 28.8 Å². The Morgan fingerprint density at radius 3 is 2.52 bits per heavy atom. The molecule has 0 radical (unpaired) electrons. The van der Waals surface area contributed by atoms with E-state index in [0.717, 1.165) is 22.6 Å². The fourth-order valence-corrected chi connectivity index (χ4v) is 2.23. The van der Waals surface area contributed by atoms with Crippen molar-refractivity contribution in [3.05, 3.63) is 52.7 Å². The molecule has 5 heteroatoms. The van der Waals surface area contributed by atoms with Gasteiger partial charge in [0.2, 0.25) is 5.91 Å². The van der Waals surface area contributed by atoms with Crippen LogP contribution in [-0.4, -0.2) is 23.0 Å². The number of carbonyl (C=O) groups excluding carboxylic acids is 1. The molecule has 0 unspecified atom stereocenters. The number of nitrogens with zero attached hydrogens (tertiary/aromatic N) is 2. The Morgan fingerprint density at radius 2 is 1.95 bits per heavy atom. The van der Waals surface area contributed by atoms with E-state index in [1.165, 1.54) is 12.1 Å². The van der Waals surface area contributed by atoms with E-state index in [0.29, 0.717) is 19.4 Å². The van der Waals surface area contributed by atoms with Crippen LogP contribution < -0.4 is 0 Å². The summed E-state index contributed by atoms with van der Waals surface area (Å²) in [5.74, 6) is 0.534. The quantitative estimate of drug-likeness (QED) is 0.850. The Hall–Kier alpha value is -2.17. The fourth-order valence-electron chi connectivity index (χ4n) is 2.23. The first-order chi connectivity index (χ1) is 9.97. The normalized spacial score (nSPS) is 10.7. The molecule has 0 saturated carbocycles. The van der Waals surface area contributed by atoms with Gasteiger partial charge >= 0.3 is 0 Å². The molecule has 0 atom stereocenters. The van der Waals surface area contributed by atoms with E-state index >= 15 is 0 Å². The number of aromatic nitrogens is 1. The van der Waals surface area contributed by atoms with Gasteiger partial charge < -0.3 is 9.42 Å². The summed E-state index contributed by atoms with van der Waals surface area (Å²) in [5, 5.41) is 3.88. The van der Waals surface area contributed by atoms with Gasteiger partial charge in [0, 0.05) is 25.6 Å². The average molecular weight is 290 g/mol. The summed E-state index contributed by atoms with van der Waals surface area (Å²) in [6, 6.07) is 6.18. The van der Waals surface area contributed by atoms with Gasteiger partial charge in [0.15, 0.2) is 0 Å². The van der Waals surface area contributed by atoms with E-state index in [2.05, 4.69) is 5.16 Å². The van der Waals surface area contributed by atoms with Crippen LogP contribution in [0.2, 0.25) is 0 Å². The van der Waals surface area contributed by atoms with Crippen molar-refractivity contribution < 1.29 is 13.7 Å². The minimum Gasteiger partial charge on any atom is -0.361 e. The number of rotatable bonds is 5. The van der Waals surface area contributed by atoms with Crippen molar-refractivity contribution in [3.8, 4) is 0 Å². The number of benzene rings is 1. The predicted molar refractivity (Wildman–Crippen MR) is 77.2 cm³/mol. The topological polar surface area (TPSA) is 46.3 Å². The number of carbonyl (C=O) groups is 1. The summed E-state index contributed by atoms with van der Waals surface area (Å²) in [7, 11) is 1.75. The van der Waals surface area contributed by atoms with Crippen LogP contribution >= 0.6 is 0 Å². The van der Waals surface area contributed by atoms with Gasteiger partial charge in [-0.3, -0.25) is 4.79 Å². The summed E-state index contributed by atoms with van der Waals surface area (Å²) in [6.45, 7) is 4.20. The summed E-state index contributed by atoms with van der Waals surface area (Å²) in [5.41, 5.74) is 2.74. The van der Waals surface area contributed by atoms with E-state index < -0.39 is 0 Å². The second-order valence-electron chi connectivity index (χ2n) is 5.18. The van der Waals surface area contributed by atoms with Gasteiger partial charge in [-0.1, -0.05) is 17.3 Å². The highest BCUT2D eigenvalue weighted by Crippen LogP contribution is 2.15. The van der Waals surface area contributed by atoms with Crippen LogP contribution in [-0.2, 0) is 17.8 Å². The third-order valence-corrected chi connectivity index (χ3v) is 3.53. The molecule has 1 aromatic heterocycles. The van der Waals surface area contributed by atoms with Crippen LogP contribution in [0.5, 0.6) is 0 Å². The molecular formula is C16H19FN2O2. The number of hydrogen-bond donors (Lipinski definition) is 0. The van der Waals surface area contributed by atoms with Crippen LogP contribution in [0.3, 0.4) is 0 Å². The largest absolute Gasteiger partial charge is 0.361 e. The Bertz CT molecular complexity index is 600. The zero-order valence-electron chi connectivity index (χ0n) is 12.5. The molecule has 0 aliphatic carbocycles. The van der Waals surface area contributed by atoms with Crippen molar-refractivity contribution in [1.29, 1.82) is 0 Å². The number of aryl methyl sites for hydroxylation is 2. The lowest BCUT2D eigenvalue weighted by molar-refractivity contribution is -0.130. The lowest BCUT2D eigenvalue weighted by Gasteiger charge is -2.17. The Kier molecular flexibility index (Phi) is 4.73. The van der Waals surface area contributed by atoms with Gasteiger partial charge in [-0.2, -0.15) is 0 Å². The monoisotopic (exact) mass is 290 g/mol. The van der Waals surface area contributed by atoms with Crippen LogP contribution in [0.25, 0.3) is 0 Å². The summed E-state index contributed by atoms with van der Waals surface area (Å²) in [6.07, 6.45) is 1.02. The lowest BCUT2D eigenvalue weighted by Crippen LogP contribution is -2.26. The van der Waals surface area contributed by atoms with Crippen molar-refractivity contribution in [2.75, 3.05) is 7.05 Å². The van der Waals surface area contributed by atoms with E-state index in [1.807, 2.05) is 13.8 Å². The van der Waals surface area contributed by atoms with Crippen molar-refractivity contribution in [2.24, 2.45) is 0 Å². The average Bonchev–Trinajstić information content (AvgIpc) is 2.78. The summed E-state index contributed by atoms with van der Waals surface area (Å²) >= 11 is 0. The summed E-state index contributed by atoms with van der Waals surface area (Å²) < 4.78 is 17.9. The standard InChI is InChI=1S/C16H19FN2O2/c1-11-15(12(2)21-18-11)8-9-16(20)19(3)10-13-4-6-14(17)7-5-13/h4-7H,8-10H2,1-3H3. The maximum Gasteiger partial charge on any atom is 0.222 e. The molecule has 0 spiro atoms. The molecule has 0 aliphatic heterocycles. The molecule has 2 aromatic rings. The van der Waals surface area contributed by atoms with Gasteiger partial charge in [-0.25, -0.2) is 4.39 Å². The molecule has 0 fully saturated rings. The van der Waals surface area contributed by atoms with Crippen molar-refractivity contribution in [3.63, 3.8) is 0 Å². The SMILES string of the molecule is Cc1noc(C)c1CCC(=O)N(C)Cc1ccc(F)cc1. The van der Waals surface area contributed by atoms with Crippen LogP contribution in [0.4, 0.5) is 4.39 Å². The highest BCUT2D eigenvalue weighted by atomic mass is 19.1. The Balaban J connectivity index is 1.89. The molecule has 0 saturated heterocycles. The molecular weight excluding hydrogens is 271 g/mol. The number of amides is 1. The van der Waals surface area contributed by atoms with E-state index in [1.54, 1.807) is 24.1 Å². The van der Waals surface area contributed by atoms with Crippen LogP contribution in [0.1, 0.15) is 29.0 Å². The van der Waals surface area contributed by atoms with Gasteiger partial charge in [0.25, 0.3) is 0 Å². The third-order valence-electron chi connectivity index (χ3n) is 3.53. The second kappa shape index (κ2) is 6.52. The lowest BCUT2D eigenvalue weighted by atomic mass is 10.1. The molecule has 1 aromatic carbocycles. The highest BCUT2D eigenvalue weighted by Gasteiger charge is 2.14. The van der Waals surface area contributed by atoms with Gasteiger partial charge in [0.1, 0.15) is 11.6 Å². The first-order valence-electron chi connectivity index (χ1n) is 6.87. The van der Waals surface area contributed by atoms with Gasteiger partial charge in [-0.15, -0.1) is 0 Å². The first kappa shape index (κ1) is 15.2. The smallest absolute Gasteiger partial charge is 0.222 e. The van der Waals surface area contributed by atoms with E-state index in [4.69, 9.17) is 4.52 Å². The zero-order valence-corrected chi connectivity index (χ0v) is 12.5. The molecule has 0 N–H and O–H groups in total. The Morgan fingerprint density at radius 1 is 1.29 bits per heavy atom. The van der Waals surface area contributed by atoms with E-state index in [9.17, 15) is 9.18 Å². The molecule has 1 amide bonds. The molecule has 112 valence electrons. The molecule has 21 heavy (non-hydrogen) atoms. The number of halogens is 1. The van der Waals surface area contributed by atoms with Gasteiger partial charge in [-0.05, 0) is 38.0 Å². The third kappa shape index (κ3) is 3.90. The van der Waals surface area contributed by atoms with Gasteiger partial charge in [0.05, 0.1) is 5.69 Å². The second-order valence-corrected chi connectivity index (χ2v) is 5.18. The van der Waals surface area contributed by atoms with Crippen molar-refractivity contribution in [1.82, 2.24) is 10.1 Å². The Labute approximate surface area is 123 Å². The predicted octanol–water partition coefficient (Wildman–Crippen LogP) is 3.02. The maximum atomic E-state index is 12.8. The van der Waals surface area contributed by atoms with Crippen molar-refractivity contribution in [2.45, 2.75) is 33.2 Å². The summed E-state index contributed by atoms with van der Waals surface area (Å²) in [4.78, 5) is 13.8. The highest BCUT2D eigenvalue weighted by molar-refractivity contribution is 5.76. The maximum absolute atomic E-state index is 12.8. The zero-order chi connectivity index (χ0) is 15.4. The minimum absolute atomic E-state index is 0.0410. The molecule has 1 heterocycles.